The molecule has 2 aromatic heterocycles. The molecule has 2 aromatic rings. The zero-order valence-electron chi connectivity index (χ0n) is 9.53. The first-order chi connectivity index (χ1) is 8.15. The van der Waals surface area contributed by atoms with Crippen LogP contribution in [0.4, 0.5) is 11.5 Å². The topological polar surface area (TPSA) is 50.9 Å². The van der Waals surface area contributed by atoms with Crippen LogP contribution in [0.1, 0.15) is 10.4 Å². The molecule has 3 nitrogen and oxygen atoms in total. The molecule has 0 aliphatic heterocycles. The summed E-state index contributed by atoms with van der Waals surface area (Å²) in [6.07, 6.45) is 2.63. The molecule has 0 bridgehead atoms. The average molecular weight is 268 g/mol. The molecule has 0 spiro atoms. The fourth-order valence-corrected chi connectivity index (χ4v) is 2.55. The molecular formula is C12H14ClN3S. The molecule has 5 heteroatoms. The lowest BCUT2D eigenvalue weighted by Crippen LogP contribution is -2.06. The Balaban J connectivity index is 1.87. The van der Waals surface area contributed by atoms with Gasteiger partial charge in [-0.1, -0.05) is 11.6 Å². The number of rotatable bonds is 4. The molecule has 0 aliphatic carbocycles. The van der Waals surface area contributed by atoms with Gasteiger partial charge in [0.25, 0.3) is 0 Å². The number of nitrogen functional groups attached to an aromatic ring is 1. The fourth-order valence-electron chi connectivity index (χ4n) is 1.46. The summed E-state index contributed by atoms with van der Waals surface area (Å²) in [5, 5.41) is 3.27. The number of thiophene rings is 1. The molecule has 0 fully saturated rings. The number of nitrogens with zero attached hydrogens (tertiary/aromatic N) is 1. The van der Waals surface area contributed by atoms with Gasteiger partial charge in [0.1, 0.15) is 5.82 Å². The van der Waals surface area contributed by atoms with E-state index in [1.54, 1.807) is 17.5 Å². The molecular weight excluding hydrogens is 254 g/mol. The highest BCUT2D eigenvalue weighted by Crippen LogP contribution is 2.21. The summed E-state index contributed by atoms with van der Waals surface area (Å²) in [5.41, 5.74) is 7.47. The van der Waals surface area contributed by atoms with Gasteiger partial charge in [-0.15, -0.1) is 11.3 Å². The van der Waals surface area contributed by atoms with Crippen molar-refractivity contribution in [2.45, 2.75) is 13.3 Å². The second kappa shape index (κ2) is 5.38. The average Bonchev–Trinajstić information content (AvgIpc) is 2.70. The zero-order chi connectivity index (χ0) is 12.3. The summed E-state index contributed by atoms with van der Waals surface area (Å²) in [6.45, 7) is 2.81. The number of anilines is 2. The molecule has 3 N–H and O–H groups in total. The highest BCUT2D eigenvalue weighted by Gasteiger charge is 2.00. The van der Waals surface area contributed by atoms with Crippen LogP contribution < -0.4 is 11.1 Å². The first-order valence-electron chi connectivity index (χ1n) is 5.35. The lowest BCUT2D eigenvalue weighted by Gasteiger charge is -2.06. The summed E-state index contributed by atoms with van der Waals surface area (Å²) >= 11 is 7.48. The number of aryl methyl sites for hydroxylation is 1. The molecule has 17 heavy (non-hydrogen) atoms. The normalized spacial score (nSPS) is 10.5. The van der Waals surface area contributed by atoms with Crippen LogP contribution in [0.5, 0.6) is 0 Å². The van der Waals surface area contributed by atoms with Crippen molar-refractivity contribution in [1.82, 2.24) is 4.98 Å². The van der Waals surface area contributed by atoms with E-state index >= 15 is 0 Å². The Morgan fingerprint density at radius 2 is 2.29 bits per heavy atom. The number of pyridine rings is 1. The zero-order valence-corrected chi connectivity index (χ0v) is 11.1. The minimum absolute atomic E-state index is 0.723. The molecule has 0 unspecified atom stereocenters. The Bertz CT molecular complexity index is 510. The minimum Gasteiger partial charge on any atom is -0.397 e. The van der Waals surface area contributed by atoms with Crippen molar-refractivity contribution in [1.29, 1.82) is 0 Å². The first kappa shape index (κ1) is 12.2. The van der Waals surface area contributed by atoms with Crippen LogP contribution in [0.25, 0.3) is 0 Å². The smallest absolute Gasteiger partial charge is 0.126 e. The van der Waals surface area contributed by atoms with E-state index in [-0.39, 0.29) is 0 Å². The van der Waals surface area contributed by atoms with Crippen molar-refractivity contribution in [2.75, 3.05) is 17.6 Å². The highest BCUT2D eigenvalue weighted by molar-refractivity contribution is 7.16. The van der Waals surface area contributed by atoms with Gasteiger partial charge in [0, 0.05) is 11.4 Å². The van der Waals surface area contributed by atoms with E-state index < -0.39 is 0 Å². The molecule has 0 amide bonds. The summed E-state index contributed by atoms with van der Waals surface area (Å²) < 4.78 is 0.835. The van der Waals surface area contributed by atoms with Crippen LogP contribution in [0, 0.1) is 6.92 Å². The van der Waals surface area contributed by atoms with E-state index in [2.05, 4.69) is 16.4 Å². The predicted molar refractivity (Wildman–Crippen MR) is 74.9 cm³/mol. The van der Waals surface area contributed by atoms with Crippen molar-refractivity contribution in [3.8, 4) is 0 Å². The molecule has 0 saturated carbocycles. The SMILES string of the molecule is Cc1cc(NCCc2ccc(Cl)s2)ncc1N. The number of nitrogens with one attached hydrogen (secondary N) is 1. The van der Waals surface area contributed by atoms with Crippen molar-refractivity contribution >= 4 is 34.4 Å². The molecule has 2 heterocycles. The van der Waals surface area contributed by atoms with E-state index in [4.69, 9.17) is 17.3 Å². The van der Waals surface area contributed by atoms with E-state index in [0.29, 0.717) is 0 Å². The van der Waals surface area contributed by atoms with E-state index in [1.807, 2.05) is 19.1 Å². The molecule has 0 aliphatic rings. The second-order valence-electron chi connectivity index (χ2n) is 3.81. The lowest BCUT2D eigenvalue weighted by atomic mass is 10.2. The summed E-state index contributed by atoms with van der Waals surface area (Å²) in [6, 6.07) is 5.93. The van der Waals surface area contributed by atoms with Crippen LogP contribution >= 0.6 is 22.9 Å². The van der Waals surface area contributed by atoms with Crippen LogP contribution in [0.2, 0.25) is 4.34 Å². The Morgan fingerprint density at radius 3 is 2.94 bits per heavy atom. The Hall–Kier alpha value is -1.26. The second-order valence-corrected chi connectivity index (χ2v) is 5.61. The van der Waals surface area contributed by atoms with E-state index in [1.165, 1.54) is 4.88 Å². The minimum atomic E-state index is 0.723. The fraction of sp³-hybridized carbons (Fsp3) is 0.250. The van der Waals surface area contributed by atoms with Crippen molar-refractivity contribution in [3.05, 3.63) is 39.2 Å². The van der Waals surface area contributed by atoms with Crippen LogP contribution in [0.15, 0.2) is 24.4 Å². The van der Waals surface area contributed by atoms with Gasteiger partial charge in [-0.05, 0) is 37.1 Å². The molecule has 0 aromatic carbocycles. The molecule has 0 atom stereocenters. The summed E-state index contributed by atoms with van der Waals surface area (Å²) in [7, 11) is 0. The van der Waals surface area contributed by atoms with Gasteiger partial charge < -0.3 is 11.1 Å². The molecule has 0 saturated heterocycles. The number of aromatic nitrogens is 1. The van der Waals surface area contributed by atoms with Gasteiger partial charge in [-0.3, -0.25) is 0 Å². The van der Waals surface area contributed by atoms with Gasteiger partial charge in [0.05, 0.1) is 16.2 Å². The van der Waals surface area contributed by atoms with Crippen molar-refractivity contribution in [3.63, 3.8) is 0 Å². The maximum absolute atomic E-state index is 5.87. The summed E-state index contributed by atoms with van der Waals surface area (Å²) in [4.78, 5) is 5.49. The Morgan fingerprint density at radius 1 is 1.47 bits per heavy atom. The van der Waals surface area contributed by atoms with Gasteiger partial charge in [-0.2, -0.15) is 0 Å². The third-order valence-corrected chi connectivity index (χ3v) is 3.75. The molecule has 2 rings (SSSR count). The van der Waals surface area contributed by atoms with Crippen molar-refractivity contribution < 1.29 is 0 Å². The van der Waals surface area contributed by atoms with Crippen LogP contribution in [-0.4, -0.2) is 11.5 Å². The number of hydrogen-bond donors (Lipinski definition) is 2. The standard InChI is InChI=1S/C12H14ClN3S/c1-8-6-12(16-7-10(8)14)15-5-4-9-2-3-11(13)17-9/h2-3,6-7H,4-5,14H2,1H3,(H,15,16). The number of hydrogen-bond acceptors (Lipinski definition) is 4. The third kappa shape index (κ3) is 3.35. The maximum atomic E-state index is 5.87. The first-order valence-corrected chi connectivity index (χ1v) is 6.55. The van der Waals surface area contributed by atoms with Gasteiger partial charge in [0.15, 0.2) is 0 Å². The lowest BCUT2D eigenvalue weighted by molar-refractivity contribution is 1.03. The predicted octanol–water partition coefficient (Wildman–Crippen LogP) is 3.34. The Labute approximate surface area is 110 Å². The quantitative estimate of drug-likeness (QED) is 0.893. The maximum Gasteiger partial charge on any atom is 0.126 e. The number of halogens is 1. The largest absolute Gasteiger partial charge is 0.397 e. The van der Waals surface area contributed by atoms with Crippen LogP contribution in [0.3, 0.4) is 0 Å². The Kier molecular flexibility index (Phi) is 3.86. The van der Waals surface area contributed by atoms with E-state index in [0.717, 1.165) is 34.4 Å². The van der Waals surface area contributed by atoms with Gasteiger partial charge in [-0.25, -0.2) is 4.98 Å². The van der Waals surface area contributed by atoms with Gasteiger partial charge >= 0.3 is 0 Å². The third-order valence-electron chi connectivity index (χ3n) is 2.46. The van der Waals surface area contributed by atoms with Crippen molar-refractivity contribution in [2.24, 2.45) is 0 Å². The highest BCUT2D eigenvalue weighted by atomic mass is 35.5. The summed E-state index contributed by atoms with van der Waals surface area (Å²) in [5.74, 6) is 0.861. The molecule has 0 radical (unpaired) electrons. The van der Waals surface area contributed by atoms with E-state index in [9.17, 15) is 0 Å². The molecule has 90 valence electrons. The van der Waals surface area contributed by atoms with Crippen LogP contribution in [-0.2, 0) is 6.42 Å². The monoisotopic (exact) mass is 267 g/mol. The van der Waals surface area contributed by atoms with Gasteiger partial charge in [0.2, 0.25) is 0 Å². The number of nitrogens with two attached hydrogens (primary N) is 1.